The van der Waals surface area contributed by atoms with E-state index in [1.54, 1.807) is 43.6 Å². The highest BCUT2D eigenvalue weighted by molar-refractivity contribution is 7.80. The maximum atomic E-state index is 11.7. The number of ether oxygens (including phenoxy) is 1. The highest BCUT2D eigenvalue weighted by Crippen LogP contribution is 2.45. The molecule has 2 N–H and O–H groups in total. The van der Waals surface area contributed by atoms with Crippen LogP contribution < -0.4 is 15.0 Å². The number of rotatable bonds is 6. The molecule has 170 valence electrons. The summed E-state index contributed by atoms with van der Waals surface area (Å²) >= 11 is 5.75. The topological polar surface area (TPSA) is 87.8 Å². The number of carboxylic acids is 1. The molecule has 0 aliphatic carbocycles. The molecule has 0 unspecified atom stereocenters. The Labute approximate surface area is 201 Å². The lowest BCUT2D eigenvalue weighted by Gasteiger charge is -2.27. The number of nitrogens with zero attached hydrogens (tertiary/aromatic N) is 2. The van der Waals surface area contributed by atoms with Crippen LogP contribution in [0.1, 0.15) is 33.9 Å². The Morgan fingerprint density at radius 2 is 1.82 bits per heavy atom. The van der Waals surface area contributed by atoms with Crippen LogP contribution in [0.15, 0.2) is 89.5 Å². The zero-order chi connectivity index (χ0) is 23.7. The summed E-state index contributed by atoms with van der Waals surface area (Å²) in [6, 6.07) is 23.1. The maximum Gasteiger partial charge on any atom is 0.336 e. The van der Waals surface area contributed by atoms with Gasteiger partial charge in [-0.15, -0.1) is 0 Å². The van der Waals surface area contributed by atoms with E-state index in [2.05, 4.69) is 10.3 Å². The molecule has 8 heteroatoms. The summed E-state index contributed by atoms with van der Waals surface area (Å²) < 4.78 is 11.9. The number of benzene rings is 2. The first-order chi connectivity index (χ1) is 16.6. The largest absolute Gasteiger partial charge is 0.495 e. The van der Waals surface area contributed by atoms with Gasteiger partial charge in [-0.2, -0.15) is 0 Å². The monoisotopic (exact) mass is 471 g/mol. The van der Waals surface area contributed by atoms with Crippen LogP contribution >= 0.6 is 12.2 Å². The maximum absolute atomic E-state index is 11.7. The van der Waals surface area contributed by atoms with Crippen molar-refractivity contribution < 1.29 is 19.1 Å². The molecule has 2 atom stereocenters. The Hall–Kier alpha value is -4.17. The molecule has 0 amide bonds. The second kappa shape index (κ2) is 8.99. The van der Waals surface area contributed by atoms with E-state index in [-0.39, 0.29) is 17.6 Å². The number of pyridine rings is 1. The van der Waals surface area contributed by atoms with Crippen molar-refractivity contribution in [3.8, 4) is 17.1 Å². The van der Waals surface area contributed by atoms with Crippen molar-refractivity contribution in [1.29, 1.82) is 0 Å². The zero-order valence-electron chi connectivity index (χ0n) is 18.2. The first-order valence-corrected chi connectivity index (χ1v) is 11.1. The van der Waals surface area contributed by atoms with Gasteiger partial charge in [-0.25, -0.2) is 4.79 Å². The van der Waals surface area contributed by atoms with Crippen molar-refractivity contribution in [3.05, 3.63) is 102 Å². The quantitative estimate of drug-likeness (QED) is 0.370. The number of methoxy groups -OCH3 is 1. The van der Waals surface area contributed by atoms with Crippen LogP contribution in [0.3, 0.4) is 0 Å². The summed E-state index contributed by atoms with van der Waals surface area (Å²) in [7, 11) is 1.62. The molecule has 34 heavy (non-hydrogen) atoms. The minimum absolute atomic E-state index is 0.173. The molecule has 0 spiro atoms. The third kappa shape index (κ3) is 3.78. The normalized spacial score (nSPS) is 17.4. The minimum atomic E-state index is -1.01. The third-order valence-corrected chi connectivity index (χ3v) is 6.10. The standard InChI is InChI=1S/C26H21N3O4S/c1-32-21-12-5-4-11-19(21)29-24(23(28-26(29)34)18-10-6-7-15-27-18)22-14-13-20(33-22)16-8-2-3-9-17(16)25(30)31/h2-15,23-24H,1H3,(H,28,34)(H,30,31)/t23-,24+/m0/s1. The molecule has 2 aromatic heterocycles. The fraction of sp³-hybridized carbons (Fsp3) is 0.115. The molecule has 1 fully saturated rings. The molecule has 4 aromatic rings. The lowest BCUT2D eigenvalue weighted by atomic mass is 10.0. The number of carbonyl (C=O) groups is 1. The fourth-order valence-corrected chi connectivity index (χ4v) is 4.61. The summed E-state index contributed by atoms with van der Waals surface area (Å²) in [5.41, 5.74) is 2.27. The molecular formula is C26H21N3O4S. The number of hydrogen-bond donors (Lipinski definition) is 2. The van der Waals surface area contributed by atoms with Crippen LogP contribution in [-0.4, -0.2) is 28.3 Å². The summed E-state index contributed by atoms with van der Waals surface area (Å²) in [5.74, 6) is 0.732. The van der Waals surface area contributed by atoms with Gasteiger partial charge in [0.15, 0.2) is 5.11 Å². The van der Waals surface area contributed by atoms with Crippen molar-refractivity contribution in [2.24, 2.45) is 0 Å². The van der Waals surface area contributed by atoms with Gasteiger partial charge in [-0.05, 0) is 54.7 Å². The number of carboxylic acid groups (broad SMARTS) is 1. The van der Waals surface area contributed by atoms with Gasteiger partial charge in [0, 0.05) is 11.8 Å². The second-order valence-corrected chi connectivity index (χ2v) is 8.11. The van der Waals surface area contributed by atoms with Crippen LogP contribution in [0.4, 0.5) is 5.69 Å². The van der Waals surface area contributed by atoms with E-state index >= 15 is 0 Å². The van der Waals surface area contributed by atoms with E-state index in [9.17, 15) is 9.90 Å². The first kappa shape index (κ1) is 21.7. The molecular weight excluding hydrogens is 450 g/mol. The van der Waals surface area contributed by atoms with Gasteiger partial charge >= 0.3 is 5.97 Å². The molecule has 2 aromatic carbocycles. The average Bonchev–Trinajstić information content (AvgIpc) is 3.49. The Morgan fingerprint density at radius 3 is 2.59 bits per heavy atom. The number of anilines is 1. The number of aromatic nitrogens is 1. The molecule has 0 bridgehead atoms. The van der Waals surface area contributed by atoms with Crippen molar-refractivity contribution in [3.63, 3.8) is 0 Å². The fourth-order valence-electron chi connectivity index (χ4n) is 4.27. The van der Waals surface area contributed by atoms with Crippen molar-refractivity contribution in [2.75, 3.05) is 12.0 Å². The van der Waals surface area contributed by atoms with E-state index in [1.165, 1.54) is 0 Å². The predicted octanol–water partition coefficient (Wildman–Crippen LogP) is 5.23. The SMILES string of the molecule is COc1ccccc1N1C(=S)N[C@@H](c2ccccn2)[C@H]1c1ccc(-c2ccccc2C(=O)O)o1. The highest BCUT2D eigenvalue weighted by Gasteiger charge is 2.43. The van der Waals surface area contributed by atoms with Gasteiger partial charge in [0.1, 0.15) is 23.3 Å². The number of furan rings is 1. The summed E-state index contributed by atoms with van der Waals surface area (Å²) in [5, 5.41) is 13.5. The summed E-state index contributed by atoms with van der Waals surface area (Å²) in [6.07, 6.45) is 1.74. The Morgan fingerprint density at radius 1 is 1.06 bits per heavy atom. The van der Waals surface area contributed by atoms with E-state index < -0.39 is 5.97 Å². The molecule has 3 heterocycles. The van der Waals surface area contributed by atoms with Crippen molar-refractivity contribution in [2.45, 2.75) is 12.1 Å². The lowest BCUT2D eigenvalue weighted by Crippen LogP contribution is -2.29. The molecule has 0 radical (unpaired) electrons. The smallest absolute Gasteiger partial charge is 0.336 e. The van der Waals surface area contributed by atoms with E-state index in [0.717, 1.165) is 11.4 Å². The van der Waals surface area contributed by atoms with Crippen LogP contribution in [0.5, 0.6) is 5.75 Å². The predicted molar refractivity (Wildman–Crippen MR) is 132 cm³/mol. The van der Waals surface area contributed by atoms with Crippen LogP contribution in [-0.2, 0) is 0 Å². The molecule has 5 rings (SSSR count). The molecule has 0 saturated carbocycles. The lowest BCUT2D eigenvalue weighted by molar-refractivity contribution is 0.0697. The second-order valence-electron chi connectivity index (χ2n) is 7.72. The summed E-state index contributed by atoms with van der Waals surface area (Å²) in [4.78, 5) is 18.2. The Balaban J connectivity index is 1.64. The summed E-state index contributed by atoms with van der Waals surface area (Å²) in [6.45, 7) is 0. The van der Waals surface area contributed by atoms with E-state index in [4.69, 9.17) is 21.4 Å². The van der Waals surface area contributed by atoms with Crippen molar-refractivity contribution >= 4 is 29.0 Å². The minimum Gasteiger partial charge on any atom is -0.495 e. The number of aromatic carboxylic acids is 1. The average molecular weight is 472 g/mol. The number of nitrogens with one attached hydrogen (secondary N) is 1. The number of thiocarbonyl (C=S) groups is 1. The molecule has 1 aliphatic rings. The number of para-hydroxylation sites is 2. The van der Waals surface area contributed by atoms with Crippen LogP contribution in [0, 0.1) is 0 Å². The molecule has 7 nitrogen and oxygen atoms in total. The van der Waals surface area contributed by atoms with Gasteiger partial charge in [0.2, 0.25) is 0 Å². The van der Waals surface area contributed by atoms with E-state index in [1.807, 2.05) is 53.4 Å². The van der Waals surface area contributed by atoms with Gasteiger partial charge in [0.05, 0.1) is 30.1 Å². The Bertz CT molecular complexity index is 1350. The van der Waals surface area contributed by atoms with E-state index in [0.29, 0.717) is 27.9 Å². The van der Waals surface area contributed by atoms with Crippen LogP contribution in [0.25, 0.3) is 11.3 Å². The molecule has 1 saturated heterocycles. The van der Waals surface area contributed by atoms with Crippen molar-refractivity contribution in [1.82, 2.24) is 10.3 Å². The Kier molecular flexibility index (Phi) is 5.73. The van der Waals surface area contributed by atoms with Crippen LogP contribution in [0.2, 0.25) is 0 Å². The molecule has 1 aliphatic heterocycles. The highest BCUT2D eigenvalue weighted by atomic mass is 32.1. The number of hydrogen-bond acceptors (Lipinski definition) is 5. The van der Waals surface area contributed by atoms with Gasteiger partial charge < -0.3 is 24.5 Å². The van der Waals surface area contributed by atoms with Gasteiger partial charge in [0.25, 0.3) is 0 Å². The zero-order valence-corrected chi connectivity index (χ0v) is 19.0. The first-order valence-electron chi connectivity index (χ1n) is 10.6. The third-order valence-electron chi connectivity index (χ3n) is 5.78. The van der Waals surface area contributed by atoms with Gasteiger partial charge in [-0.3, -0.25) is 4.98 Å². The van der Waals surface area contributed by atoms with Gasteiger partial charge in [-0.1, -0.05) is 36.4 Å².